The van der Waals surface area contributed by atoms with E-state index in [1.165, 1.54) is 5.56 Å². The molecule has 0 radical (unpaired) electrons. The number of aromatic nitrogens is 2. The lowest BCUT2D eigenvalue weighted by molar-refractivity contribution is 0.524. The minimum Gasteiger partial charge on any atom is -0.310 e. The molecule has 1 N–H and O–H groups in total. The van der Waals surface area contributed by atoms with Gasteiger partial charge in [0.25, 0.3) is 0 Å². The summed E-state index contributed by atoms with van der Waals surface area (Å²) in [6.45, 7) is 3.20. The average molecular weight is 241 g/mol. The van der Waals surface area contributed by atoms with Crippen LogP contribution in [0.3, 0.4) is 0 Å². The molecule has 0 aliphatic heterocycles. The van der Waals surface area contributed by atoms with Crippen molar-refractivity contribution in [2.45, 2.75) is 25.8 Å². The Balaban J connectivity index is 2.10. The van der Waals surface area contributed by atoms with Crippen LogP contribution < -0.4 is 5.32 Å². The molecule has 0 bridgehead atoms. The van der Waals surface area contributed by atoms with E-state index in [1.807, 2.05) is 12.1 Å². The first kappa shape index (κ1) is 12.7. The van der Waals surface area contributed by atoms with Crippen molar-refractivity contribution in [3.05, 3.63) is 60.2 Å². The SMILES string of the molecule is CCCNC(Cc1ccncn1)c1ccccc1. The number of rotatable bonds is 6. The maximum Gasteiger partial charge on any atom is 0.115 e. The summed E-state index contributed by atoms with van der Waals surface area (Å²) in [6.07, 6.45) is 5.43. The van der Waals surface area contributed by atoms with Crippen molar-refractivity contribution in [1.29, 1.82) is 0 Å². The molecule has 2 rings (SSSR count). The predicted octanol–water partition coefficient (Wildman–Crippen LogP) is 2.76. The van der Waals surface area contributed by atoms with Crippen LogP contribution in [0.2, 0.25) is 0 Å². The number of hydrogen-bond acceptors (Lipinski definition) is 3. The van der Waals surface area contributed by atoms with Gasteiger partial charge in [0, 0.05) is 24.4 Å². The average Bonchev–Trinajstić information content (AvgIpc) is 2.45. The van der Waals surface area contributed by atoms with Crippen molar-refractivity contribution in [3.8, 4) is 0 Å². The van der Waals surface area contributed by atoms with E-state index in [0.717, 1.165) is 25.1 Å². The van der Waals surface area contributed by atoms with Gasteiger partial charge in [-0.05, 0) is 24.6 Å². The van der Waals surface area contributed by atoms with E-state index >= 15 is 0 Å². The highest BCUT2D eigenvalue weighted by molar-refractivity contribution is 5.20. The van der Waals surface area contributed by atoms with Crippen molar-refractivity contribution in [1.82, 2.24) is 15.3 Å². The van der Waals surface area contributed by atoms with Crippen LogP contribution in [0.4, 0.5) is 0 Å². The van der Waals surface area contributed by atoms with E-state index in [9.17, 15) is 0 Å². The highest BCUT2D eigenvalue weighted by atomic mass is 14.9. The predicted molar refractivity (Wildman–Crippen MR) is 73.2 cm³/mol. The lowest BCUT2D eigenvalue weighted by atomic mass is 10.0. The molecule has 0 saturated carbocycles. The summed E-state index contributed by atoms with van der Waals surface area (Å²) in [5.74, 6) is 0. The Morgan fingerprint density at radius 3 is 2.67 bits per heavy atom. The number of nitrogens with zero attached hydrogens (tertiary/aromatic N) is 2. The van der Waals surface area contributed by atoms with Crippen LogP contribution in [0, 0.1) is 0 Å². The van der Waals surface area contributed by atoms with Crippen molar-refractivity contribution in [2.75, 3.05) is 6.54 Å². The van der Waals surface area contributed by atoms with Crippen molar-refractivity contribution >= 4 is 0 Å². The second-order valence-corrected chi connectivity index (χ2v) is 4.32. The van der Waals surface area contributed by atoms with E-state index in [1.54, 1.807) is 12.5 Å². The van der Waals surface area contributed by atoms with Gasteiger partial charge in [-0.15, -0.1) is 0 Å². The summed E-state index contributed by atoms with van der Waals surface area (Å²) >= 11 is 0. The van der Waals surface area contributed by atoms with Crippen LogP contribution in [0.1, 0.15) is 30.6 Å². The van der Waals surface area contributed by atoms with Crippen molar-refractivity contribution in [2.24, 2.45) is 0 Å². The molecule has 1 unspecified atom stereocenters. The van der Waals surface area contributed by atoms with Gasteiger partial charge in [0.05, 0.1) is 0 Å². The summed E-state index contributed by atoms with van der Waals surface area (Å²) in [6, 6.07) is 12.8. The minimum absolute atomic E-state index is 0.320. The van der Waals surface area contributed by atoms with Crippen molar-refractivity contribution in [3.63, 3.8) is 0 Å². The molecule has 1 aromatic heterocycles. The molecular weight excluding hydrogens is 222 g/mol. The largest absolute Gasteiger partial charge is 0.310 e. The molecule has 3 heteroatoms. The first-order valence-electron chi connectivity index (χ1n) is 6.43. The highest BCUT2D eigenvalue weighted by Gasteiger charge is 2.11. The Hall–Kier alpha value is -1.74. The first-order valence-corrected chi connectivity index (χ1v) is 6.43. The Morgan fingerprint density at radius 2 is 2.00 bits per heavy atom. The van der Waals surface area contributed by atoms with Crippen LogP contribution in [-0.4, -0.2) is 16.5 Å². The highest BCUT2D eigenvalue weighted by Crippen LogP contribution is 2.16. The monoisotopic (exact) mass is 241 g/mol. The van der Waals surface area contributed by atoms with Crippen LogP contribution in [-0.2, 0) is 6.42 Å². The third-order valence-electron chi connectivity index (χ3n) is 2.90. The number of benzene rings is 1. The zero-order valence-electron chi connectivity index (χ0n) is 10.7. The molecule has 0 spiro atoms. The van der Waals surface area contributed by atoms with Gasteiger partial charge < -0.3 is 5.32 Å². The Kier molecular flexibility index (Phi) is 4.85. The van der Waals surface area contributed by atoms with E-state index in [0.29, 0.717) is 6.04 Å². The molecular formula is C15H19N3. The summed E-state index contributed by atoms with van der Waals surface area (Å²) in [5, 5.41) is 3.57. The van der Waals surface area contributed by atoms with Gasteiger partial charge in [0.1, 0.15) is 6.33 Å². The molecule has 0 saturated heterocycles. The molecule has 1 atom stereocenters. The molecule has 18 heavy (non-hydrogen) atoms. The zero-order chi connectivity index (χ0) is 12.6. The van der Waals surface area contributed by atoms with E-state index in [-0.39, 0.29) is 0 Å². The zero-order valence-corrected chi connectivity index (χ0v) is 10.7. The Bertz CT molecular complexity index is 442. The van der Waals surface area contributed by atoms with E-state index < -0.39 is 0 Å². The molecule has 94 valence electrons. The lowest BCUT2D eigenvalue weighted by Gasteiger charge is -2.18. The molecule has 1 aromatic carbocycles. The standard InChI is InChI=1S/C15H19N3/c1-2-9-17-15(13-6-4-3-5-7-13)11-14-8-10-16-12-18-14/h3-8,10,12,15,17H,2,9,11H2,1H3. The van der Waals surface area contributed by atoms with Gasteiger partial charge in [0.15, 0.2) is 0 Å². The third-order valence-corrected chi connectivity index (χ3v) is 2.90. The van der Waals surface area contributed by atoms with Gasteiger partial charge in [-0.25, -0.2) is 9.97 Å². The summed E-state index contributed by atoms with van der Waals surface area (Å²) in [5.41, 5.74) is 2.38. The maximum absolute atomic E-state index is 4.30. The fourth-order valence-electron chi connectivity index (χ4n) is 1.96. The Labute approximate surface area is 108 Å². The van der Waals surface area contributed by atoms with Gasteiger partial charge in [-0.2, -0.15) is 0 Å². The quantitative estimate of drug-likeness (QED) is 0.845. The van der Waals surface area contributed by atoms with Crippen LogP contribution in [0.25, 0.3) is 0 Å². The summed E-state index contributed by atoms with van der Waals surface area (Å²) in [7, 11) is 0. The summed E-state index contributed by atoms with van der Waals surface area (Å²) < 4.78 is 0. The first-order chi connectivity index (χ1) is 8.90. The smallest absolute Gasteiger partial charge is 0.115 e. The van der Waals surface area contributed by atoms with Gasteiger partial charge in [-0.3, -0.25) is 0 Å². The van der Waals surface area contributed by atoms with Crippen molar-refractivity contribution < 1.29 is 0 Å². The Morgan fingerprint density at radius 1 is 1.17 bits per heavy atom. The normalized spacial score (nSPS) is 12.3. The molecule has 2 aromatic rings. The molecule has 0 aliphatic carbocycles. The molecule has 0 amide bonds. The molecule has 0 fully saturated rings. The fourth-order valence-corrected chi connectivity index (χ4v) is 1.96. The lowest BCUT2D eigenvalue weighted by Crippen LogP contribution is -2.24. The second-order valence-electron chi connectivity index (χ2n) is 4.32. The minimum atomic E-state index is 0.320. The second kappa shape index (κ2) is 6.87. The van der Waals surface area contributed by atoms with Gasteiger partial charge in [-0.1, -0.05) is 37.3 Å². The fraction of sp³-hybridized carbons (Fsp3) is 0.333. The number of hydrogen-bond donors (Lipinski definition) is 1. The summed E-state index contributed by atoms with van der Waals surface area (Å²) in [4.78, 5) is 8.26. The van der Waals surface area contributed by atoms with Crippen LogP contribution >= 0.6 is 0 Å². The van der Waals surface area contributed by atoms with Gasteiger partial charge in [0.2, 0.25) is 0 Å². The molecule has 3 nitrogen and oxygen atoms in total. The molecule has 1 heterocycles. The van der Waals surface area contributed by atoms with E-state index in [2.05, 4.69) is 46.5 Å². The molecule has 0 aliphatic rings. The number of nitrogens with one attached hydrogen (secondary N) is 1. The van der Waals surface area contributed by atoms with Crippen LogP contribution in [0.5, 0.6) is 0 Å². The van der Waals surface area contributed by atoms with E-state index in [4.69, 9.17) is 0 Å². The maximum atomic E-state index is 4.30. The van der Waals surface area contributed by atoms with Gasteiger partial charge >= 0.3 is 0 Å². The third kappa shape index (κ3) is 3.64. The van der Waals surface area contributed by atoms with Crippen LogP contribution in [0.15, 0.2) is 48.9 Å². The topological polar surface area (TPSA) is 37.8 Å².